The lowest BCUT2D eigenvalue weighted by Crippen LogP contribution is -2.38. The van der Waals surface area contributed by atoms with Gasteiger partial charge in [-0.25, -0.2) is 0 Å². The molecule has 1 aromatic rings. The smallest absolute Gasteiger partial charge is 0.307 e. The van der Waals surface area contributed by atoms with E-state index in [1.165, 1.54) is 0 Å². The summed E-state index contributed by atoms with van der Waals surface area (Å²) < 4.78 is 0. The quantitative estimate of drug-likeness (QED) is 0.906. The van der Waals surface area contributed by atoms with Gasteiger partial charge in [-0.2, -0.15) is 0 Å². The number of carbonyl (C=O) groups excluding carboxylic acids is 1. The summed E-state index contributed by atoms with van der Waals surface area (Å²) in [6.45, 7) is 7.42. The van der Waals surface area contributed by atoms with E-state index >= 15 is 0 Å². The minimum absolute atomic E-state index is 0.0158. The van der Waals surface area contributed by atoms with E-state index in [2.05, 4.69) is 20.8 Å². The summed E-state index contributed by atoms with van der Waals surface area (Å²) in [5.74, 6) is -1.71. The molecule has 0 saturated heterocycles. The molecule has 1 saturated carbocycles. The van der Waals surface area contributed by atoms with Crippen molar-refractivity contribution in [1.82, 2.24) is 4.90 Å². The van der Waals surface area contributed by atoms with E-state index in [-0.39, 0.29) is 17.2 Å². The molecule has 1 amide bonds. The Morgan fingerprint density at radius 3 is 2.29 bits per heavy atom. The molecular weight excluding hydrogens is 266 g/mol. The van der Waals surface area contributed by atoms with E-state index in [9.17, 15) is 9.59 Å². The molecule has 0 aliphatic heterocycles. The molecule has 0 spiro atoms. The number of amides is 1. The number of benzene rings is 1. The molecule has 4 heteroatoms. The van der Waals surface area contributed by atoms with Crippen LogP contribution in [0, 0.1) is 17.3 Å². The van der Waals surface area contributed by atoms with Gasteiger partial charge in [-0.3, -0.25) is 9.59 Å². The van der Waals surface area contributed by atoms with Crippen LogP contribution >= 0.6 is 0 Å². The van der Waals surface area contributed by atoms with Gasteiger partial charge in [0.2, 0.25) is 5.91 Å². The normalized spacial score (nSPS) is 20.9. The first-order valence-electron chi connectivity index (χ1n) is 7.33. The molecule has 0 radical (unpaired) electrons. The van der Waals surface area contributed by atoms with Crippen LogP contribution < -0.4 is 0 Å². The maximum absolute atomic E-state index is 12.6. The number of carboxylic acids is 1. The summed E-state index contributed by atoms with van der Waals surface area (Å²) in [5.41, 5.74) is 1.06. The van der Waals surface area contributed by atoms with Crippen LogP contribution in [0.3, 0.4) is 0 Å². The maximum Gasteiger partial charge on any atom is 0.307 e. The Hall–Kier alpha value is -1.84. The van der Waals surface area contributed by atoms with E-state index in [1.54, 1.807) is 0 Å². The first-order chi connectivity index (χ1) is 9.78. The SMILES string of the molecule is CC(C)(C)CN(Cc1ccccc1)C(=O)C1CC1C(=O)O. The van der Waals surface area contributed by atoms with Gasteiger partial charge in [0.05, 0.1) is 11.8 Å². The third-order valence-electron chi connectivity index (χ3n) is 3.62. The van der Waals surface area contributed by atoms with Crippen LogP contribution in [-0.2, 0) is 16.1 Å². The zero-order valence-electron chi connectivity index (χ0n) is 12.9. The van der Waals surface area contributed by atoms with E-state index < -0.39 is 11.9 Å². The van der Waals surface area contributed by atoms with Gasteiger partial charge in [-0.15, -0.1) is 0 Å². The van der Waals surface area contributed by atoms with Gasteiger partial charge in [0.15, 0.2) is 0 Å². The molecule has 2 atom stereocenters. The first kappa shape index (κ1) is 15.5. The summed E-state index contributed by atoms with van der Waals surface area (Å²) in [6, 6.07) is 9.83. The fourth-order valence-electron chi connectivity index (χ4n) is 2.56. The molecule has 0 heterocycles. The van der Waals surface area contributed by atoms with Crippen LogP contribution in [0.5, 0.6) is 0 Å². The van der Waals surface area contributed by atoms with Gasteiger partial charge in [0, 0.05) is 13.1 Å². The van der Waals surface area contributed by atoms with Gasteiger partial charge in [0.25, 0.3) is 0 Å². The molecule has 2 rings (SSSR count). The summed E-state index contributed by atoms with van der Waals surface area (Å²) >= 11 is 0. The largest absolute Gasteiger partial charge is 0.481 e. The lowest BCUT2D eigenvalue weighted by atomic mass is 9.95. The molecule has 1 aliphatic carbocycles. The highest BCUT2D eigenvalue weighted by Crippen LogP contribution is 2.40. The van der Waals surface area contributed by atoms with E-state index in [0.717, 1.165) is 5.56 Å². The van der Waals surface area contributed by atoms with Crippen LogP contribution in [0.1, 0.15) is 32.8 Å². The molecule has 4 nitrogen and oxygen atoms in total. The molecule has 2 unspecified atom stereocenters. The fourth-order valence-corrected chi connectivity index (χ4v) is 2.56. The molecule has 1 aromatic carbocycles. The third kappa shape index (κ3) is 4.31. The maximum atomic E-state index is 12.6. The van der Waals surface area contributed by atoms with Crippen molar-refractivity contribution in [3.8, 4) is 0 Å². The molecule has 114 valence electrons. The average Bonchev–Trinajstić information content (AvgIpc) is 3.17. The molecule has 21 heavy (non-hydrogen) atoms. The van der Waals surface area contributed by atoms with Crippen molar-refractivity contribution in [2.45, 2.75) is 33.7 Å². The molecule has 0 aromatic heterocycles. The number of nitrogens with zero attached hydrogens (tertiary/aromatic N) is 1. The Morgan fingerprint density at radius 1 is 1.19 bits per heavy atom. The minimum Gasteiger partial charge on any atom is -0.481 e. The monoisotopic (exact) mass is 289 g/mol. The second-order valence-corrected chi connectivity index (χ2v) is 7.03. The van der Waals surface area contributed by atoms with Crippen LogP contribution in [0.25, 0.3) is 0 Å². The molecule has 1 N–H and O–H groups in total. The number of hydrogen-bond donors (Lipinski definition) is 1. The predicted octanol–water partition coefficient (Wildman–Crippen LogP) is 2.78. The van der Waals surface area contributed by atoms with E-state index in [0.29, 0.717) is 19.5 Å². The van der Waals surface area contributed by atoms with Crippen molar-refractivity contribution < 1.29 is 14.7 Å². The minimum atomic E-state index is -0.858. The van der Waals surface area contributed by atoms with Crippen LogP contribution in [0.4, 0.5) is 0 Å². The Bertz CT molecular complexity index is 519. The number of hydrogen-bond acceptors (Lipinski definition) is 2. The summed E-state index contributed by atoms with van der Waals surface area (Å²) in [5, 5.41) is 9.01. The van der Waals surface area contributed by atoms with E-state index in [1.807, 2.05) is 35.2 Å². The number of aliphatic carboxylic acids is 1. The van der Waals surface area contributed by atoms with Gasteiger partial charge in [-0.1, -0.05) is 51.1 Å². The van der Waals surface area contributed by atoms with E-state index in [4.69, 9.17) is 5.11 Å². The zero-order chi connectivity index (χ0) is 15.6. The van der Waals surface area contributed by atoms with Gasteiger partial charge >= 0.3 is 5.97 Å². The lowest BCUT2D eigenvalue weighted by molar-refractivity contribution is -0.142. The van der Waals surface area contributed by atoms with Crippen molar-refractivity contribution >= 4 is 11.9 Å². The second kappa shape index (κ2) is 5.88. The average molecular weight is 289 g/mol. The fraction of sp³-hybridized carbons (Fsp3) is 0.529. The van der Waals surface area contributed by atoms with Crippen molar-refractivity contribution in [3.05, 3.63) is 35.9 Å². The molecule has 0 bridgehead atoms. The number of carbonyl (C=O) groups is 2. The highest BCUT2D eigenvalue weighted by atomic mass is 16.4. The Morgan fingerprint density at radius 2 is 1.81 bits per heavy atom. The molecule has 1 fully saturated rings. The lowest BCUT2D eigenvalue weighted by Gasteiger charge is -2.30. The van der Waals surface area contributed by atoms with Gasteiger partial charge in [-0.05, 0) is 17.4 Å². The van der Waals surface area contributed by atoms with Crippen molar-refractivity contribution in [2.75, 3.05) is 6.54 Å². The highest BCUT2D eigenvalue weighted by Gasteiger charge is 2.50. The van der Waals surface area contributed by atoms with Crippen molar-refractivity contribution in [3.63, 3.8) is 0 Å². The summed E-state index contributed by atoms with van der Waals surface area (Å²) in [4.78, 5) is 25.3. The number of carboxylic acid groups (broad SMARTS) is 1. The van der Waals surface area contributed by atoms with Crippen molar-refractivity contribution in [2.24, 2.45) is 17.3 Å². The summed E-state index contributed by atoms with van der Waals surface area (Å²) in [7, 11) is 0. The number of rotatable bonds is 5. The van der Waals surface area contributed by atoms with Crippen LogP contribution in [-0.4, -0.2) is 28.4 Å². The van der Waals surface area contributed by atoms with Crippen LogP contribution in [0.15, 0.2) is 30.3 Å². The molecular formula is C17H23NO3. The van der Waals surface area contributed by atoms with Crippen molar-refractivity contribution in [1.29, 1.82) is 0 Å². The standard InChI is InChI=1S/C17H23NO3/c1-17(2,3)11-18(10-12-7-5-4-6-8-12)15(19)13-9-14(13)16(20)21/h4-8,13-14H,9-11H2,1-3H3,(H,20,21). The van der Waals surface area contributed by atoms with Crippen LogP contribution in [0.2, 0.25) is 0 Å². The Balaban J connectivity index is 2.09. The van der Waals surface area contributed by atoms with Gasteiger partial charge in [0.1, 0.15) is 0 Å². The third-order valence-corrected chi connectivity index (χ3v) is 3.62. The predicted molar refractivity (Wildman–Crippen MR) is 80.5 cm³/mol. The first-order valence-corrected chi connectivity index (χ1v) is 7.33. The Kier molecular flexibility index (Phi) is 4.35. The zero-order valence-corrected chi connectivity index (χ0v) is 12.9. The molecule has 1 aliphatic rings. The van der Waals surface area contributed by atoms with Gasteiger partial charge < -0.3 is 10.0 Å². The Labute approximate surface area is 125 Å². The topological polar surface area (TPSA) is 57.6 Å². The highest BCUT2D eigenvalue weighted by molar-refractivity contribution is 5.89. The summed E-state index contributed by atoms with van der Waals surface area (Å²) in [6.07, 6.45) is 0.476. The second-order valence-electron chi connectivity index (χ2n) is 7.03.